The summed E-state index contributed by atoms with van der Waals surface area (Å²) in [6, 6.07) is 3.30. The third kappa shape index (κ3) is 3.29. The van der Waals surface area contributed by atoms with E-state index in [2.05, 4.69) is 15.8 Å². The number of allylic oxidation sites excluding steroid dienone is 1. The summed E-state index contributed by atoms with van der Waals surface area (Å²) in [7, 11) is 0. The van der Waals surface area contributed by atoms with Gasteiger partial charge in [-0.1, -0.05) is 6.08 Å². The average molecular weight is 301 g/mol. The lowest BCUT2D eigenvalue weighted by molar-refractivity contribution is -0.154. The summed E-state index contributed by atoms with van der Waals surface area (Å²) in [5.41, 5.74) is 2.24. The number of halogens is 3. The van der Waals surface area contributed by atoms with E-state index in [1.165, 1.54) is 24.5 Å². The summed E-state index contributed by atoms with van der Waals surface area (Å²) in [5.74, 6) is 0.0137. The molecule has 0 spiro atoms. The van der Waals surface area contributed by atoms with Gasteiger partial charge in [-0.2, -0.15) is 24.9 Å². The molecule has 2 atom stereocenters. The van der Waals surface area contributed by atoms with Crippen molar-refractivity contribution in [3.05, 3.63) is 30.0 Å². The monoisotopic (exact) mass is 301 g/mol. The van der Waals surface area contributed by atoms with E-state index in [4.69, 9.17) is 0 Å². The zero-order chi connectivity index (χ0) is 14.2. The molecule has 2 aliphatic heterocycles. The van der Waals surface area contributed by atoms with Crippen molar-refractivity contribution in [2.24, 2.45) is 0 Å². The minimum Gasteiger partial charge on any atom is -0.468 e. The van der Waals surface area contributed by atoms with Crippen LogP contribution in [0, 0.1) is 0 Å². The van der Waals surface area contributed by atoms with Gasteiger partial charge in [-0.25, -0.2) is 4.98 Å². The van der Waals surface area contributed by atoms with Crippen molar-refractivity contribution in [2.45, 2.75) is 35.9 Å². The van der Waals surface area contributed by atoms with E-state index in [9.17, 15) is 13.2 Å². The minimum atomic E-state index is -4.33. The first kappa shape index (κ1) is 13.8. The van der Waals surface area contributed by atoms with Crippen molar-refractivity contribution in [3.8, 4) is 5.88 Å². The summed E-state index contributed by atoms with van der Waals surface area (Å²) in [6.07, 6.45) is 3.03. The molecule has 1 aromatic rings. The fraction of sp³-hybridized carbons (Fsp3) is 0.500. The Morgan fingerprint density at radius 1 is 1.30 bits per heavy atom. The number of hydrogen-bond donors (Lipinski definition) is 0. The smallest absolute Gasteiger partial charge is 0.422 e. The highest BCUT2D eigenvalue weighted by Gasteiger charge is 2.30. The van der Waals surface area contributed by atoms with E-state index in [1.54, 1.807) is 12.3 Å². The van der Waals surface area contributed by atoms with Crippen LogP contribution >= 0.6 is 11.8 Å². The topological polar surface area (TPSA) is 22.1 Å². The maximum absolute atomic E-state index is 12.0. The van der Waals surface area contributed by atoms with Crippen molar-refractivity contribution in [1.82, 2.24) is 4.98 Å². The summed E-state index contributed by atoms with van der Waals surface area (Å²) < 4.78 is 40.7. The van der Waals surface area contributed by atoms with Gasteiger partial charge in [-0.05, 0) is 36.5 Å². The van der Waals surface area contributed by atoms with E-state index in [-0.39, 0.29) is 5.88 Å². The molecule has 2 nitrogen and oxygen atoms in total. The number of fused-ring (bicyclic) bond motifs is 2. The molecule has 0 saturated carbocycles. The summed E-state index contributed by atoms with van der Waals surface area (Å²) in [6.45, 7) is -1.30. The average Bonchev–Trinajstić information content (AvgIpc) is 2.75. The molecule has 2 bridgehead atoms. The highest BCUT2D eigenvalue weighted by atomic mass is 32.2. The number of alkyl halides is 3. The molecule has 2 aliphatic rings. The first-order chi connectivity index (χ1) is 9.49. The van der Waals surface area contributed by atoms with E-state index in [0.29, 0.717) is 10.5 Å². The van der Waals surface area contributed by atoms with Crippen LogP contribution in [0.25, 0.3) is 5.57 Å². The van der Waals surface area contributed by atoms with Crippen LogP contribution in [0.4, 0.5) is 13.2 Å². The Kier molecular flexibility index (Phi) is 3.67. The zero-order valence-corrected chi connectivity index (χ0v) is 11.5. The quantitative estimate of drug-likeness (QED) is 0.840. The van der Waals surface area contributed by atoms with Gasteiger partial charge in [0.1, 0.15) is 0 Å². The second-order valence-electron chi connectivity index (χ2n) is 5.06. The number of hydrogen-bond acceptors (Lipinski definition) is 3. The second kappa shape index (κ2) is 5.31. The Labute approximate surface area is 119 Å². The summed E-state index contributed by atoms with van der Waals surface area (Å²) in [5, 5.41) is 1.27. The van der Waals surface area contributed by atoms with Crippen molar-refractivity contribution in [3.63, 3.8) is 0 Å². The van der Waals surface area contributed by atoms with Gasteiger partial charge in [0, 0.05) is 22.8 Å². The van der Waals surface area contributed by atoms with Crippen LogP contribution < -0.4 is 4.74 Å². The summed E-state index contributed by atoms with van der Waals surface area (Å²) >= 11 is 2.02. The van der Waals surface area contributed by atoms with Gasteiger partial charge in [0.15, 0.2) is 6.61 Å². The maximum Gasteiger partial charge on any atom is 0.422 e. The maximum atomic E-state index is 12.0. The van der Waals surface area contributed by atoms with Crippen molar-refractivity contribution >= 4 is 17.3 Å². The van der Waals surface area contributed by atoms with Crippen LogP contribution in [0.1, 0.15) is 24.8 Å². The number of thioether (sulfide) groups is 1. The Morgan fingerprint density at radius 2 is 2.15 bits per heavy atom. The first-order valence-corrected chi connectivity index (χ1v) is 7.46. The lowest BCUT2D eigenvalue weighted by Gasteiger charge is -2.19. The van der Waals surface area contributed by atoms with E-state index in [1.807, 2.05) is 11.8 Å². The molecule has 6 heteroatoms. The van der Waals surface area contributed by atoms with Gasteiger partial charge in [-0.15, -0.1) is 0 Å². The normalized spacial score (nSPS) is 25.4. The number of aromatic nitrogens is 1. The van der Waals surface area contributed by atoms with Crippen LogP contribution in [0.3, 0.4) is 0 Å². The molecule has 108 valence electrons. The number of pyridine rings is 1. The Hall–Kier alpha value is -1.17. The molecule has 20 heavy (non-hydrogen) atoms. The lowest BCUT2D eigenvalue weighted by Crippen LogP contribution is -2.19. The molecule has 1 aromatic heterocycles. The first-order valence-electron chi connectivity index (χ1n) is 6.52. The fourth-order valence-corrected chi connectivity index (χ4v) is 4.13. The molecule has 0 aliphatic carbocycles. The van der Waals surface area contributed by atoms with Crippen LogP contribution in [-0.2, 0) is 0 Å². The molecule has 0 radical (unpaired) electrons. The molecular weight excluding hydrogens is 287 g/mol. The van der Waals surface area contributed by atoms with Crippen molar-refractivity contribution < 1.29 is 17.9 Å². The van der Waals surface area contributed by atoms with Crippen LogP contribution in [0.5, 0.6) is 5.88 Å². The molecule has 1 saturated heterocycles. The molecule has 3 heterocycles. The van der Waals surface area contributed by atoms with E-state index >= 15 is 0 Å². The van der Waals surface area contributed by atoms with Crippen LogP contribution in [-0.4, -0.2) is 28.3 Å². The van der Waals surface area contributed by atoms with Crippen molar-refractivity contribution in [1.29, 1.82) is 0 Å². The second-order valence-corrected chi connectivity index (χ2v) is 6.60. The van der Waals surface area contributed by atoms with Gasteiger partial charge in [0.05, 0.1) is 0 Å². The van der Waals surface area contributed by atoms with Gasteiger partial charge in [0.25, 0.3) is 0 Å². The zero-order valence-electron chi connectivity index (χ0n) is 10.7. The van der Waals surface area contributed by atoms with E-state index < -0.39 is 12.8 Å². The fourth-order valence-electron chi connectivity index (χ4n) is 2.57. The molecular formula is C14H14F3NOS. The number of ether oxygens (including phenoxy) is 1. The molecule has 2 unspecified atom stereocenters. The third-order valence-corrected chi connectivity index (χ3v) is 4.97. The van der Waals surface area contributed by atoms with Crippen LogP contribution in [0.15, 0.2) is 24.4 Å². The Bertz CT molecular complexity index is 512. The van der Waals surface area contributed by atoms with Gasteiger partial charge >= 0.3 is 6.18 Å². The van der Waals surface area contributed by atoms with Gasteiger partial charge in [0.2, 0.25) is 5.88 Å². The molecule has 0 N–H and O–H groups in total. The third-order valence-electron chi connectivity index (χ3n) is 3.47. The molecule has 0 aromatic carbocycles. The predicted molar refractivity (Wildman–Crippen MR) is 72.8 cm³/mol. The van der Waals surface area contributed by atoms with Gasteiger partial charge in [-0.3, -0.25) is 0 Å². The molecule has 1 fully saturated rings. The molecule has 3 rings (SSSR count). The Morgan fingerprint density at radius 3 is 2.80 bits per heavy atom. The minimum absolute atomic E-state index is 0.0137. The SMILES string of the molecule is FC(F)(F)COc1ccc(C2=CC3CCC(C2)S3)cn1. The van der Waals surface area contributed by atoms with Gasteiger partial charge < -0.3 is 4.74 Å². The highest BCUT2D eigenvalue weighted by Crippen LogP contribution is 2.45. The number of nitrogens with zero attached hydrogens (tertiary/aromatic N) is 1. The number of rotatable bonds is 3. The van der Waals surface area contributed by atoms with Crippen LogP contribution in [0.2, 0.25) is 0 Å². The summed E-state index contributed by atoms with van der Waals surface area (Å²) in [4.78, 5) is 3.96. The lowest BCUT2D eigenvalue weighted by atomic mass is 10.0. The molecule has 0 amide bonds. The Balaban J connectivity index is 1.67. The predicted octanol–water partition coefficient (Wildman–Crippen LogP) is 4.07. The largest absolute Gasteiger partial charge is 0.468 e. The van der Waals surface area contributed by atoms with E-state index in [0.717, 1.165) is 12.0 Å². The highest BCUT2D eigenvalue weighted by molar-refractivity contribution is 8.01. The standard InChI is InChI=1S/C14H14F3NOS/c15-14(16,17)8-19-13-4-1-9(7-18-13)10-5-11-2-3-12(6-10)20-11/h1,4-5,7,11-12H,2-3,6,8H2. The van der Waals surface area contributed by atoms with Crippen molar-refractivity contribution in [2.75, 3.05) is 6.61 Å².